The number of piperidine rings is 1. The highest BCUT2D eigenvalue weighted by Crippen LogP contribution is 2.31. The van der Waals surface area contributed by atoms with Gasteiger partial charge in [-0.25, -0.2) is 4.52 Å². The van der Waals surface area contributed by atoms with E-state index in [1.54, 1.807) is 10.6 Å². The Kier molecular flexibility index (Phi) is 5.88. The molecule has 2 amide bonds. The average Bonchev–Trinajstić information content (AvgIpc) is 3.63. The maximum absolute atomic E-state index is 12.4. The first-order chi connectivity index (χ1) is 17.6. The molecule has 0 atom stereocenters. The zero-order valence-electron chi connectivity index (χ0n) is 20.2. The minimum absolute atomic E-state index is 0.0251. The molecule has 1 aliphatic carbocycles. The van der Waals surface area contributed by atoms with Crippen LogP contribution in [0.15, 0.2) is 24.4 Å². The predicted molar refractivity (Wildman–Crippen MR) is 134 cm³/mol. The second-order valence-electron chi connectivity index (χ2n) is 9.83. The van der Waals surface area contributed by atoms with Crippen LogP contribution in [0.5, 0.6) is 0 Å². The molecule has 3 aromatic rings. The van der Waals surface area contributed by atoms with Gasteiger partial charge in [-0.1, -0.05) is 0 Å². The van der Waals surface area contributed by atoms with Gasteiger partial charge >= 0.3 is 0 Å². The third kappa shape index (κ3) is 4.55. The SMILES string of the molecule is CNC(=O)c1nnc(NC(=O)C2CC2)cc1Nc1nc2ccc(N3CCC(C4CNC4)CC3)cn2n1. The Balaban J connectivity index is 1.20. The molecule has 12 nitrogen and oxygen atoms in total. The molecular weight excluding hydrogens is 460 g/mol. The highest BCUT2D eigenvalue weighted by molar-refractivity contribution is 5.99. The molecule has 5 heterocycles. The maximum Gasteiger partial charge on any atom is 0.273 e. The molecule has 2 saturated heterocycles. The number of pyridine rings is 1. The molecule has 6 rings (SSSR count). The van der Waals surface area contributed by atoms with E-state index in [2.05, 4.69) is 52.5 Å². The van der Waals surface area contributed by atoms with Crippen molar-refractivity contribution in [2.45, 2.75) is 25.7 Å². The average molecular weight is 491 g/mol. The summed E-state index contributed by atoms with van der Waals surface area (Å²) >= 11 is 0. The fourth-order valence-electron chi connectivity index (χ4n) is 4.91. The first kappa shape index (κ1) is 22.7. The van der Waals surface area contributed by atoms with Crippen LogP contribution in [0.4, 0.5) is 23.1 Å². The van der Waals surface area contributed by atoms with Gasteiger partial charge in [-0.3, -0.25) is 9.59 Å². The van der Waals surface area contributed by atoms with Crippen molar-refractivity contribution in [1.82, 2.24) is 35.4 Å². The number of rotatable bonds is 7. The molecule has 0 bridgehead atoms. The summed E-state index contributed by atoms with van der Waals surface area (Å²) < 4.78 is 1.74. The van der Waals surface area contributed by atoms with Gasteiger partial charge in [0.1, 0.15) is 0 Å². The van der Waals surface area contributed by atoms with E-state index in [1.165, 1.54) is 19.9 Å². The summed E-state index contributed by atoms with van der Waals surface area (Å²) in [5.41, 5.74) is 2.25. The summed E-state index contributed by atoms with van der Waals surface area (Å²) in [6.45, 7) is 4.41. The van der Waals surface area contributed by atoms with Gasteiger partial charge in [-0.15, -0.1) is 15.3 Å². The first-order valence-electron chi connectivity index (χ1n) is 12.6. The van der Waals surface area contributed by atoms with Gasteiger partial charge in [-0.05, 0) is 62.7 Å². The van der Waals surface area contributed by atoms with E-state index >= 15 is 0 Å². The molecule has 0 unspecified atom stereocenters. The topological polar surface area (TPSA) is 141 Å². The molecule has 2 aliphatic heterocycles. The number of carbonyl (C=O) groups excluding carboxylic acids is 2. The van der Waals surface area contributed by atoms with Crippen LogP contribution in [-0.4, -0.2) is 69.8 Å². The minimum Gasteiger partial charge on any atom is -0.370 e. The van der Waals surface area contributed by atoms with Crippen LogP contribution >= 0.6 is 0 Å². The third-order valence-electron chi connectivity index (χ3n) is 7.38. The Morgan fingerprint density at radius 2 is 1.86 bits per heavy atom. The number of amides is 2. The van der Waals surface area contributed by atoms with E-state index in [1.807, 2.05) is 12.3 Å². The zero-order chi connectivity index (χ0) is 24.6. The predicted octanol–water partition coefficient (Wildman–Crippen LogP) is 1.41. The highest BCUT2D eigenvalue weighted by atomic mass is 16.2. The van der Waals surface area contributed by atoms with Gasteiger partial charge in [0, 0.05) is 32.1 Å². The third-order valence-corrected chi connectivity index (χ3v) is 7.38. The maximum atomic E-state index is 12.4. The summed E-state index contributed by atoms with van der Waals surface area (Å²) in [6.07, 6.45) is 6.18. The van der Waals surface area contributed by atoms with E-state index < -0.39 is 5.91 Å². The van der Waals surface area contributed by atoms with Crippen molar-refractivity contribution in [3.8, 4) is 0 Å². The van der Waals surface area contributed by atoms with Gasteiger partial charge in [0.2, 0.25) is 11.9 Å². The normalized spacial score (nSPS) is 18.6. The Morgan fingerprint density at radius 3 is 2.56 bits per heavy atom. The Morgan fingerprint density at radius 1 is 1.06 bits per heavy atom. The molecule has 12 heteroatoms. The van der Waals surface area contributed by atoms with E-state index in [9.17, 15) is 9.59 Å². The lowest BCUT2D eigenvalue weighted by Crippen LogP contribution is -2.49. The monoisotopic (exact) mass is 490 g/mol. The summed E-state index contributed by atoms with van der Waals surface area (Å²) in [5, 5.41) is 24.4. The molecular formula is C24H30N10O2. The van der Waals surface area contributed by atoms with E-state index in [0.717, 1.165) is 56.5 Å². The van der Waals surface area contributed by atoms with Crippen molar-refractivity contribution in [3.05, 3.63) is 30.1 Å². The molecule has 1 saturated carbocycles. The number of hydrogen-bond acceptors (Lipinski definition) is 9. The summed E-state index contributed by atoms with van der Waals surface area (Å²) in [7, 11) is 1.52. The molecule has 188 valence electrons. The number of aromatic nitrogens is 5. The summed E-state index contributed by atoms with van der Waals surface area (Å²) in [4.78, 5) is 31.5. The molecule has 3 aromatic heterocycles. The van der Waals surface area contributed by atoms with Gasteiger partial charge in [0.05, 0.1) is 17.6 Å². The molecule has 3 aliphatic rings. The van der Waals surface area contributed by atoms with Gasteiger partial charge in [0.25, 0.3) is 5.91 Å². The number of nitrogens with one attached hydrogen (secondary N) is 4. The lowest BCUT2D eigenvalue weighted by Gasteiger charge is -2.41. The van der Waals surface area contributed by atoms with Gasteiger partial charge in [-0.2, -0.15) is 4.98 Å². The van der Waals surface area contributed by atoms with Gasteiger partial charge < -0.3 is 26.2 Å². The molecule has 0 spiro atoms. The van der Waals surface area contributed by atoms with E-state index in [4.69, 9.17) is 0 Å². The van der Waals surface area contributed by atoms with E-state index in [-0.39, 0.29) is 23.3 Å². The number of carbonyl (C=O) groups is 2. The standard InChI is InChI=1S/C24H30N10O2/c1-25-23(36)21-18(10-19(30-31-21)28-22(35)15-2-3-15)27-24-29-20-5-4-17(13-34(20)32-24)33-8-6-14(7-9-33)16-11-26-12-16/h4-5,10,13-16,26H,2-3,6-9,11-12H2,1H3,(H,25,36)(H2,27,28,30,32,35). The van der Waals surface area contributed by atoms with Crippen LogP contribution in [0.2, 0.25) is 0 Å². The van der Waals surface area contributed by atoms with Crippen molar-refractivity contribution in [2.24, 2.45) is 17.8 Å². The quantitative estimate of drug-likeness (QED) is 0.387. The lowest BCUT2D eigenvalue weighted by molar-refractivity contribution is -0.117. The first-order valence-corrected chi connectivity index (χ1v) is 12.6. The smallest absolute Gasteiger partial charge is 0.273 e. The van der Waals surface area contributed by atoms with Crippen LogP contribution in [-0.2, 0) is 4.79 Å². The fraction of sp³-hybridized carbons (Fsp3) is 0.500. The van der Waals surface area contributed by atoms with E-state index in [0.29, 0.717) is 17.3 Å². The Labute approximate surface area is 208 Å². The zero-order valence-corrected chi connectivity index (χ0v) is 20.2. The van der Waals surface area contributed by atoms with Crippen LogP contribution in [0, 0.1) is 17.8 Å². The van der Waals surface area contributed by atoms with Crippen molar-refractivity contribution in [3.63, 3.8) is 0 Å². The number of anilines is 4. The fourth-order valence-corrected chi connectivity index (χ4v) is 4.91. The van der Waals surface area contributed by atoms with Crippen molar-refractivity contribution >= 4 is 40.6 Å². The van der Waals surface area contributed by atoms with Crippen molar-refractivity contribution in [1.29, 1.82) is 0 Å². The molecule has 36 heavy (non-hydrogen) atoms. The Hall–Kier alpha value is -3.80. The number of hydrogen-bond donors (Lipinski definition) is 4. The molecule has 4 N–H and O–H groups in total. The second-order valence-corrected chi connectivity index (χ2v) is 9.83. The van der Waals surface area contributed by atoms with Crippen LogP contribution < -0.4 is 26.2 Å². The summed E-state index contributed by atoms with van der Waals surface area (Å²) in [6, 6.07) is 5.60. The second kappa shape index (κ2) is 9.34. The van der Waals surface area contributed by atoms with Gasteiger partial charge in [0.15, 0.2) is 17.2 Å². The molecule has 3 fully saturated rings. The van der Waals surface area contributed by atoms with Crippen LogP contribution in [0.3, 0.4) is 0 Å². The lowest BCUT2D eigenvalue weighted by atomic mass is 9.81. The minimum atomic E-state index is -0.405. The largest absolute Gasteiger partial charge is 0.370 e. The highest BCUT2D eigenvalue weighted by Gasteiger charge is 2.31. The molecule has 0 aromatic carbocycles. The van der Waals surface area contributed by atoms with Crippen molar-refractivity contribution < 1.29 is 9.59 Å². The number of fused-ring (bicyclic) bond motifs is 1. The van der Waals surface area contributed by atoms with Crippen LogP contribution in [0.25, 0.3) is 5.65 Å². The summed E-state index contributed by atoms with van der Waals surface area (Å²) in [5.74, 6) is 1.78. The van der Waals surface area contributed by atoms with Crippen LogP contribution in [0.1, 0.15) is 36.2 Å². The van der Waals surface area contributed by atoms with Crippen molar-refractivity contribution in [2.75, 3.05) is 48.8 Å². The Bertz CT molecular complexity index is 1290. The molecule has 0 radical (unpaired) electrons. The number of nitrogens with zero attached hydrogens (tertiary/aromatic N) is 6.